The lowest BCUT2D eigenvalue weighted by Gasteiger charge is -2.15. The first-order chi connectivity index (χ1) is 8.95. The molecule has 1 atom stereocenters. The Labute approximate surface area is 114 Å². The number of carboxylic acid groups (broad SMARTS) is 1. The summed E-state index contributed by atoms with van der Waals surface area (Å²) in [5, 5.41) is 13.4. The molecule has 7 heteroatoms. The van der Waals surface area contributed by atoms with E-state index in [4.69, 9.17) is 16.7 Å². The number of urea groups is 1. The number of carbonyl (C=O) groups is 2. The van der Waals surface area contributed by atoms with Gasteiger partial charge in [0.2, 0.25) is 0 Å². The zero-order valence-corrected chi connectivity index (χ0v) is 11.0. The average molecular weight is 289 g/mol. The van der Waals surface area contributed by atoms with Gasteiger partial charge >= 0.3 is 12.0 Å². The molecule has 5 nitrogen and oxygen atoms in total. The Hall–Kier alpha value is -1.82. The molecule has 19 heavy (non-hydrogen) atoms. The van der Waals surface area contributed by atoms with E-state index in [2.05, 4.69) is 10.6 Å². The van der Waals surface area contributed by atoms with Crippen molar-refractivity contribution in [3.05, 3.63) is 29.0 Å². The lowest BCUT2D eigenvalue weighted by atomic mass is 10.2. The molecule has 1 rings (SSSR count). The summed E-state index contributed by atoms with van der Waals surface area (Å²) in [6, 6.07) is 2.13. The number of rotatable bonds is 5. The predicted molar refractivity (Wildman–Crippen MR) is 69.9 cm³/mol. The minimum Gasteiger partial charge on any atom is -0.480 e. The first-order valence-corrected chi connectivity index (χ1v) is 6.07. The molecule has 0 radical (unpaired) electrons. The Bertz CT molecular complexity index is 462. The van der Waals surface area contributed by atoms with Gasteiger partial charge in [0.15, 0.2) is 0 Å². The van der Waals surface area contributed by atoms with E-state index >= 15 is 0 Å². The second-order valence-corrected chi connectivity index (χ2v) is 4.28. The van der Waals surface area contributed by atoms with Crippen LogP contribution in [0.3, 0.4) is 0 Å². The van der Waals surface area contributed by atoms with Crippen molar-refractivity contribution in [2.75, 3.05) is 5.32 Å². The van der Waals surface area contributed by atoms with E-state index in [1.54, 1.807) is 6.92 Å². The summed E-state index contributed by atoms with van der Waals surface area (Å²) in [7, 11) is 0. The number of benzene rings is 1. The monoisotopic (exact) mass is 288 g/mol. The van der Waals surface area contributed by atoms with Gasteiger partial charge in [-0.25, -0.2) is 14.0 Å². The van der Waals surface area contributed by atoms with Gasteiger partial charge < -0.3 is 15.7 Å². The predicted octanol–water partition coefficient (Wildman–Crippen LogP) is 2.85. The van der Waals surface area contributed by atoms with Gasteiger partial charge in [-0.3, -0.25) is 0 Å². The summed E-state index contributed by atoms with van der Waals surface area (Å²) in [6.07, 6.45) is 0.880. The van der Waals surface area contributed by atoms with Crippen molar-refractivity contribution >= 4 is 29.3 Å². The van der Waals surface area contributed by atoms with Gasteiger partial charge in [-0.2, -0.15) is 0 Å². The van der Waals surface area contributed by atoms with Crippen molar-refractivity contribution in [1.82, 2.24) is 5.32 Å². The van der Waals surface area contributed by atoms with Crippen LogP contribution in [0, 0.1) is 5.82 Å². The van der Waals surface area contributed by atoms with E-state index in [1.165, 1.54) is 12.1 Å². The fraction of sp³-hybridized carbons (Fsp3) is 0.333. The van der Waals surface area contributed by atoms with Crippen LogP contribution in [-0.4, -0.2) is 23.1 Å². The van der Waals surface area contributed by atoms with Gasteiger partial charge in [0.25, 0.3) is 0 Å². The number of halogens is 2. The molecule has 0 aliphatic carbocycles. The van der Waals surface area contributed by atoms with Crippen LogP contribution in [0.5, 0.6) is 0 Å². The van der Waals surface area contributed by atoms with E-state index in [0.717, 1.165) is 6.07 Å². The minimum atomic E-state index is -1.14. The van der Waals surface area contributed by atoms with Crippen LogP contribution < -0.4 is 10.6 Å². The number of para-hydroxylation sites is 1. The molecule has 0 saturated heterocycles. The Morgan fingerprint density at radius 2 is 2.16 bits per heavy atom. The van der Waals surface area contributed by atoms with Crippen LogP contribution in [0.4, 0.5) is 14.9 Å². The number of hydrogen-bond acceptors (Lipinski definition) is 2. The zero-order chi connectivity index (χ0) is 14.4. The van der Waals surface area contributed by atoms with Crippen molar-refractivity contribution in [2.24, 2.45) is 0 Å². The number of carbonyl (C=O) groups excluding carboxylic acids is 1. The zero-order valence-electron chi connectivity index (χ0n) is 10.2. The largest absolute Gasteiger partial charge is 0.480 e. The molecule has 0 unspecified atom stereocenters. The van der Waals surface area contributed by atoms with E-state index in [1.807, 2.05) is 0 Å². The highest BCUT2D eigenvalue weighted by Crippen LogP contribution is 2.24. The van der Waals surface area contributed by atoms with Gasteiger partial charge in [0.1, 0.15) is 11.9 Å². The summed E-state index contributed by atoms with van der Waals surface area (Å²) >= 11 is 5.74. The molecule has 0 saturated carbocycles. The third kappa shape index (κ3) is 4.40. The highest BCUT2D eigenvalue weighted by Gasteiger charge is 2.19. The van der Waals surface area contributed by atoms with Crippen LogP contribution in [0.25, 0.3) is 0 Å². The first-order valence-electron chi connectivity index (χ1n) is 5.70. The molecule has 0 aliphatic heterocycles. The molecular formula is C12H14ClFN2O3. The van der Waals surface area contributed by atoms with Crippen molar-refractivity contribution in [3.63, 3.8) is 0 Å². The van der Waals surface area contributed by atoms with Crippen LogP contribution in [0.15, 0.2) is 18.2 Å². The minimum absolute atomic E-state index is 0.0394. The molecule has 104 valence electrons. The molecular weight excluding hydrogens is 275 g/mol. The van der Waals surface area contributed by atoms with Crippen LogP contribution in [-0.2, 0) is 4.79 Å². The summed E-state index contributed by atoms with van der Waals surface area (Å²) in [5.74, 6) is -1.83. The number of hydrogen-bond donors (Lipinski definition) is 3. The van der Waals surface area contributed by atoms with Gasteiger partial charge in [0.05, 0.1) is 10.7 Å². The summed E-state index contributed by atoms with van der Waals surface area (Å²) in [5.41, 5.74) is -0.178. The van der Waals surface area contributed by atoms with E-state index in [-0.39, 0.29) is 17.1 Å². The fourth-order valence-electron chi connectivity index (χ4n) is 1.47. The number of nitrogens with one attached hydrogen (secondary N) is 2. The lowest BCUT2D eigenvalue weighted by molar-refractivity contribution is -0.139. The maximum Gasteiger partial charge on any atom is 0.326 e. The van der Waals surface area contributed by atoms with E-state index < -0.39 is 23.9 Å². The Morgan fingerprint density at radius 1 is 1.47 bits per heavy atom. The Morgan fingerprint density at radius 3 is 2.68 bits per heavy atom. The van der Waals surface area contributed by atoms with Crippen LogP contribution in [0.1, 0.15) is 19.8 Å². The molecule has 3 N–H and O–H groups in total. The molecule has 1 aromatic carbocycles. The van der Waals surface area contributed by atoms with Gasteiger partial charge in [0, 0.05) is 0 Å². The maximum absolute atomic E-state index is 13.4. The van der Waals surface area contributed by atoms with Gasteiger partial charge in [-0.1, -0.05) is 31.0 Å². The second kappa shape index (κ2) is 6.94. The number of amides is 2. The molecule has 0 bridgehead atoms. The second-order valence-electron chi connectivity index (χ2n) is 3.87. The lowest BCUT2D eigenvalue weighted by Crippen LogP contribution is -2.43. The molecule has 0 heterocycles. The maximum atomic E-state index is 13.4. The van der Waals surface area contributed by atoms with Crippen molar-refractivity contribution in [2.45, 2.75) is 25.8 Å². The Kier molecular flexibility index (Phi) is 5.57. The highest BCUT2D eigenvalue weighted by molar-refractivity contribution is 6.33. The third-order valence-corrected chi connectivity index (χ3v) is 2.70. The van der Waals surface area contributed by atoms with Crippen molar-refractivity contribution in [3.8, 4) is 0 Å². The molecule has 1 aromatic rings. The molecule has 0 aliphatic rings. The standard InChI is InChI=1S/C12H14ClFN2O3/c1-2-4-9(11(17)18)15-12(19)16-10-7(13)5-3-6-8(10)14/h3,5-6,9H,2,4H2,1H3,(H,17,18)(H2,15,16,19)/t9-/m0/s1. The van der Waals surface area contributed by atoms with Crippen molar-refractivity contribution < 1.29 is 19.1 Å². The Balaban J connectivity index is 2.72. The molecule has 0 aromatic heterocycles. The highest BCUT2D eigenvalue weighted by atomic mass is 35.5. The number of carboxylic acids is 1. The quantitative estimate of drug-likeness (QED) is 0.779. The third-order valence-electron chi connectivity index (χ3n) is 2.38. The first kappa shape index (κ1) is 15.2. The SMILES string of the molecule is CCC[C@H](NC(=O)Nc1c(F)cccc1Cl)C(=O)O. The smallest absolute Gasteiger partial charge is 0.326 e. The van der Waals surface area contributed by atoms with E-state index in [9.17, 15) is 14.0 Å². The van der Waals surface area contributed by atoms with Crippen molar-refractivity contribution in [1.29, 1.82) is 0 Å². The fourth-order valence-corrected chi connectivity index (χ4v) is 1.68. The topological polar surface area (TPSA) is 78.4 Å². The van der Waals surface area contributed by atoms with E-state index in [0.29, 0.717) is 6.42 Å². The number of aliphatic carboxylic acids is 1. The molecule has 0 fully saturated rings. The molecule has 0 spiro atoms. The summed E-state index contributed by atoms with van der Waals surface area (Å²) < 4.78 is 13.4. The average Bonchev–Trinajstić information content (AvgIpc) is 2.33. The normalized spacial score (nSPS) is 11.7. The van der Waals surface area contributed by atoms with Gasteiger partial charge in [-0.05, 0) is 18.6 Å². The van der Waals surface area contributed by atoms with Gasteiger partial charge in [-0.15, -0.1) is 0 Å². The summed E-state index contributed by atoms with van der Waals surface area (Å²) in [6.45, 7) is 1.79. The van der Waals surface area contributed by atoms with Crippen LogP contribution in [0.2, 0.25) is 5.02 Å². The number of anilines is 1. The summed E-state index contributed by atoms with van der Waals surface area (Å²) in [4.78, 5) is 22.5. The van der Waals surface area contributed by atoms with Crippen LogP contribution >= 0.6 is 11.6 Å². The molecule has 2 amide bonds.